The Hall–Kier alpha value is -1.89. The van der Waals surface area contributed by atoms with Crippen LogP contribution in [0.25, 0.3) is 10.2 Å². The summed E-state index contributed by atoms with van der Waals surface area (Å²) in [4.78, 5) is 29.3. The highest BCUT2D eigenvalue weighted by molar-refractivity contribution is 7.20. The van der Waals surface area contributed by atoms with Crippen LogP contribution in [-0.4, -0.2) is 22.2 Å². The van der Waals surface area contributed by atoms with Crippen LogP contribution in [0.4, 0.5) is 0 Å². The molecule has 19 heavy (non-hydrogen) atoms. The van der Waals surface area contributed by atoms with Crippen LogP contribution in [0.5, 0.6) is 0 Å². The molecule has 2 aromatic rings. The largest absolute Gasteiger partial charge is 0.462 e. The van der Waals surface area contributed by atoms with Gasteiger partial charge in [0.25, 0.3) is 5.56 Å². The molecule has 0 saturated heterocycles. The van der Waals surface area contributed by atoms with Gasteiger partial charge in [0, 0.05) is 6.42 Å². The molecule has 0 aliphatic carbocycles. The maximum absolute atomic E-state index is 12.2. The number of ether oxygens (including phenoxy) is 1. The first-order valence-electron chi connectivity index (χ1n) is 5.98. The highest BCUT2D eigenvalue weighted by Crippen LogP contribution is 2.27. The minimum Gasteiger partial charge on any atom is -0.462 e. The molecule has 0 aliphatic heterocycles. The molecule has 2 N–H and O–H groups in total. The van der Waals surface area contributed by atoms with Crippen molar-refractivity contribution < 1.29 is 9.53 Å². The van der Waals surface area contributed by atoms with Crippen molar-refractivity contribution in [2.45, 2.75) is 27.2 Å². The molecule has 0 bridgehead atoms. The van der Waals surface area contributed by atoms with E-state index in [1.54, 1.807) is 13.8 Å². The molecule has 0 atom stereocenters. The van der Waals surface area contributed by atoms with E-state index in [4.69, 9.17) is 10.6 Å². The van der Waals surface area contributed by atoms with Gasteiger partial charge >= 0.3 is 5.97 Å². The smallest absolute Gasteiger partial charge is 0.348 e. The van der Waals surface area contributed by atoms with Crippen LogP contribution >= 0.6 is 11.3 Å². The average molecular weight is 281 g/mol. The topological polar surface area (TPSA) is 87.2 Å². The van der Waals surface area contributed by atoms with E-state index in [1.165, 1.54) is 11.3 Å². The molecule has 102 valence electrons. The monoisotopic (exact) mass is 281 g/mol. The molecule has 0 unspecified atom stereocenters. The van der Waals surface area contributed by atoms with Gasteiger partial charge in [-0.2, -0.15) is 0 Å². The Morgan fingerprint density at radius 2 is 2.16 bits per heavy atom. The standard InChI is InChI=1S/C12H15N3O3S/c1-4-7-14-10-8(11(16)15(7)13)6(3)9(19-10)12(17)18-5-2/h4-5,13H2,1-3H3. The summed E-state index contributed by atoms with van der Waals surface area (Å²) in [5.41, 5.74) is 0.254. The Bertz CT molecular complexity index is 702. The van der Waals surface area contributed by atoms with Gasteiger partial charge in [-0.05, 0) is 19.4 Å². The zero-order chi connectivity index (χ0) is 14.2. The van der Waals surface area contributed by atoms with E-state index in [0.29, 0.717) is 39.5 Å². The van der Waals surface area contributed by atoms with Crippen molar-refractivity contribution in [1.82, 2.24) is 9.66 Å². The summed E-state index contributed by atoms with van der Waals surface area (Å²) in [7, 11) is 0. The Morgan fingerprint density at radius 3 is 2.74 bits per heavy atom. The summed E-state index contributed by atoms with van der Waals surface area (Å²) in [6.45, 7) is 5.60. The number of carbonyl (C=O) groups is 1. The predicted octanol–water partition coefficient (Wildman–Crippen LogP) is 1.22. The number of rotatable bonds is 3. The van der Waals surface area contributed by atoms with Crippen LogP contribution in [0.15, 0.2) is 4.79 Å². The lowest BCUT2D eigenvalue weighted by molar-refractivity contribution is 0.0531. The molecule has 7 heteroatoms. The van der Waals surface area contributed by atoms with Crippen LogP contribution in [0.2, 0.25) is 0 Å². The summed E-state index contributed by atoms with van der Waals surface area (Å²) in [5.74, 6) is 5.77. The Balaban J connectivity index is 2.74. The average Bonchev–Trinajstić information content (AvgIpc) is 2.71. The van der Waals surface area contributed by atoms with E-state index in [9.17, 15) is 9.59 Å². The number of esters is 1. The minimum atomic E-state index is -0.427. The normalized spacial score (nSPS) is 10.9. The second-order valence-corrected chi connectivity index (χ2v) is 5.01. The fourth-order valence-electron chi connectivity index (χ4n) is 1.88. The lowest BCUT2D eigenvalue weighted by Gasteiger charge is -2.04. The Kier molecular flexibility index (Phi) is 3.57. The molecule has 2 aromatic heterocycles. The van der Waals surface area contributed by atoms with E-state index in [2.05, 4.69) is 4.98 Å². The third-order valence-electron chi connectivity index (χ3n) is 2.85. The van der Waals surface area contributed by atoms with Gasteiger partial charge in [0.15, 0.2) is 0 Å². The van der Waals surface area contributed by atoms with Crippen LogP contribution in [0, 0.1) is 6.92 Å². The van der Waals surface area contributed by atoms with Crippen LogP contribution in [0.1, 0.15) is 34.9 Å². The SMILES string of the molecule is CCOC(=O)c1sc2nc(CC)n(N)c(=O)c2c1C. The van der Waals surface area contributed by atoms with Crippen LogP contribution in [-0.2, 0) is 11.2 Å². The molecule has 6 nitrogen and oxygen atoms in total. The Labute approximate surface area is 113 Å². The highest BCUT2D eigenvalue weighted by Gasteiger charge is 2.21. The number of thiophene rings is 1. The molecule has 2 rings (SSSR count). The number of nitrogens with zero attached hydrogens (tertiary/aromatic N) is 2. The van der Waals surface area contributed by atoms with Crippen molar-refractivity contribution in [3.63, 3.8) is 0 Å². The zero-order valence-electron chi connectivity index (χ0n) is 11.0. The fourth-order valence-corrected chi connectivity index (χ4v) is 2.96. The van der Waals surface area contributed by atoms with Gasteiger partial charge in [0.05, 0.1) is 12.0 Å². The number of hydrogen-bond acceptors (Lipinski definition) is 6. The number of carbonyl (C=O) groups excluding carboxylic acids is 1. The van der Waals surface area contributed by atoms with Crippen LogP contribution < -0.4 is 11.4 Å². The lowest BCUT2D eigenvalue weighted by atomic mass is 10.2. The van der Waals surface area contributed by atoms with E-state index < -0.39 is 5.97 Å². The number of nitrogens with two attached hydrogens (primary N) is 1. The first-order chi connectivity index (χ1) is 9.01. The van der Waals surface area contributed by atoms with Gasteiger partial charge in [-0.3, -0.25) is 4.79 Å². The van der Waals surface area contributed by atoms with Gasteiger partial charge in [-0.25, -0.2) is 14.5 Å². The van der Waals surface area contributed by atoms with Crippen molar-refractivity contribution in [2.75, 3.05) is 12.4 Å². The summed E-state index contributed by atoms with van der Waals surface area (Å²) >= 11 is 1.17. The van der Waals surface area contributed by atoms with E-state index in [-0.39, 0.29) is 5.56 Å². The number of hydrogen-bond donors (Lipinski definition) is 1. The third-order valence-corrected chi connectivity index (χ3v) is 4.01. The summed E-state index contributed by atoms with van der Waals surface area (Å²) in [5, 5.41) is 0.396. The van der Waals surface area contributed by atoms with Crippen molar-refractivity contribution in [1.29, 1.82) is 0 Å². The minimum absolute atomic E-state index is 0.293. The van der Waals surface area contributed by atoms with Crippen molar-refractivity contribution in [3.05, 3.63) is 26.6 Å². The van der Waals surface area contributed by atoms with Crippen LogP contribution in [0.3, 0.4) is 0 Å². The Morgan fingerprint density at radius 1 is 1.47 bits per heavy atom. The molecule has 0 spiro atoms. The third kappa shape index (κ3) is 2.10. The zero-order valence-corrected chi connectivity index (χ0v) is 11.8. The number of aromatic nitrogens is 2. The molecule has 0 aliphatic rings. The first kappa shape index (κ1) is 13.5. The number of aryl methyl sites for hydroxylation is 2. The van der Waals surface area contributed by atoms with E-state index in [1.807, 2.05) is 6.92 Å². The molecule has 0 amide bonds. The second kappa shape index (κ2) is 5.00. The van der Waals surface area contributed by atoms with Crippen molar-refractivity contribution in [3.8, 4) is 0 Å². The van der Waals surface area contributed by atoms with Gasteiger partial charge in [-0.1, -0.05) is 6.92 Å². The van der Waals surface area contributed by atoms with Gasteiger partial charge < -0.3 is 10.6 Å². The van der Waals surface area contributed by atoms with E-state index >= 15 is 0 Å². The quantitative estimate of drug-likeness (QED) is 0.675. The molecular formula is C12H15N3O3S. The summed E-state index contributed by atoms with van der Waals surface area (Å²) in [6, 6.07) is 0. The molecule has 0 fully saturated rings. The van der Waals surface area contributed by atoms with Crippen molar-refractivity contribution in [2.24, 2.45) is 0 Å². The molecule has 0 aromatic carbocycles. The van der Waals surface area contributed by atoms with Gasteiger partial charge in [-0.15, -0.1) is 11.3 Å². The number of nitrogen functional groups attached to an aromatic ring is 1. The second-order valence-electron chi connectivity index (χ2n) is 4.01. The molecule has 0 saturated carbocycles. The van der Waals surface area contributed by atoms with Crippen molar-refractivity contribution >= 4 is 27.5 Å². The maximum Gasteiger partial charge on any atom is 0.348 e. The molecular weight excluding hydrogens is 266 g/mol. The van der Waals surface area contributed by atoms with Gasteiger partial charge in [0.1, 0.15) is 15.5 Å². The lowest BCUT2D eigenvalue weighted by Crippen LogP contribution is -2.31. The summed E-state index contributed by atoms with van der Waals surface area (Å²) in [6.07, 6.45) is 0.549. The van der Waals surface area contributed by atoms with Gasteiger partial charge in [0.2, 0.25) is 0 Å². The summed E-state index contributed by atoms with van der Waals surface area (Å²) < 4.78 is 6.01. The first-order valence-corrected chi connectivity index (χ1v) is 6.80. The van der Waals surface area contributed by atoms with E-state index in [0.717, 1.165) is 4.68 Å². The number of fused-ring (bicyclic) bond motifs is 1. The molecule has 2 heterocycles. The molecule has 0 radical (unpaired) electrons. The predicted molar refractivity (Wildman–Crippen MR) is 74.1 cm³/mol. The fraction of sp³-hybridized carbons (Fsp3) is 0.417. The highest BCUT2D eigenvalue weighted by atomic mass is 32.1. The maximum atomic E-state index is 12.2.